The maximum Gasteiger partial charge on any atom is 0.0888 e. The van der Waals surface area contributed by atoms with Gasteiger partial charge in [0, 0.05) is 9.90 Å². The fourth-order valence-electron chi connectivity index (χ4n) is 1.94. The Labute approximate surface area is 136 Å². The maximum atomic E-state index is 6.38. The van der Waals surface area contributed by atoms with Crippen molar-refractivity contribution in [1.82, 2.24) is 5.32 Å². The molecule has 1 heterocycles. The molecule has 0 aliphatic carbocycles. The van der Waals surface area contributed by atoms with Crippen LogP contribution >= 0.6 is 50.5 Å². The zero-order chi connectivity index (χ0) is 14.0. The van der Waals surface area contributed by atoms with Gasteiger partial charge in [-0.15, -0.1) is 11.3 Å². The molecule has 0 saturated carbocycles. The van der Waals surface area contributed by atoms with Crippen molar-refractivity contribution in [3.05, 3.63) is 54.1 Å². The Bertz CT molecular complexity index is 563. The Morgan fingerprint density at radius 1 is 1.26 bits per heavy atom. The molecule has 1 unspecified atom stereocenters. The van der Waals surface area contributed by atoms with Crippen LogP contribution in [0.15, 0.2) is 28.1 Å². The van der Waals surface area contributed by atoms with Gasteiger partial charge in [-0.3, -0.25) is 0 Å². The molecule has 102 valence electrons. The fourth-order valence-corrected chi connectivity index (χ4v) is 4.13. The first-order valence-electron chi connectivity index (χ1n) is 5.97. The average Bonchev–Trinajstić information content (AvgIpc) is 2.67. The van der Waals surface area contributed by atoms with E-state index >= 15 is 0 Å². The molecule has 0 amide bonds. The van der Waals surface area contributed by atoms with Crippen molar-refractivity contribution in [1.29, 1.82) is 0 Å². The number of rotatable bonds is 4. The van der Waals surface area contributed by atoms with Crippen molar-refractivity contribution in [3.63, 3.8) is 0 Å². The van der Waals surface area contributed by atoms with Crippen LogP contribution in [0.3, 0.4) is 0 Å². The van der Waals surface area contributed by atoms with E-state index in [0.29, 0.717) is 0 Å². The normalized spacial score (nSPS) is 12.7. The molecule has 1 N–H and O–H groups in total. The third-order valence-corrected chi connectivity index (χ3v) is 5.69. The average molecular weight is 379 g/mol. The lowest BCUT2D eigenvalue weighted by molar-refractivity contribution is 0.640. The number of halogens is 3. The summed E-state index contributed by atoms with van der Waals surface area (Å²) in [5.74, 6) is 0. The third kappa shape index (κ3) is 3.53. The summed E-state index contributed by atoms with van der Waals surface area (Å²) in [6.07, 6.45) is 0. The van der Waals surface area contributed by atoms with Crippen LogP contribution < -0.4 is 5.32 Å². The molecule has 1 aromatic heterocycles. The highest BCUT2D eigenvalue weighted by atomic mass is 79.9. The topological polar surface area (TPSA) is 12.0 Å². The van der Waals surface area contributed by atoms with Crippen LogP contribution in [-0.2, 0) is 0 Å². The van der Waals surface area contributed by atoms with E-state index in [-0.39, 0.29) is 6.04 Å². The summed E-state index contributed by atoms with van der Waals surface area (Å²) < 4.78 is 0.954. The highest BCUT2D eigenvalue weighted by molar-refractivity contribution is 9.11. The minimum Gasteiger partial charge on any atom is -0.306 e. The molecule has 19 heavy (non-hydrogen) atoms. The van der Waals surface area contributed by atoms with E-state index in [0.717, 1.165) is 36.4 Å². The van der Waals surface area contributed by atoms with Crippen LogP contribution in [0.5, 0.6) is 0 Å². The summed E-state index contributed by atoms with van der Waals surface area (Å²) in [7, 11) is 0. The van der Waals surface area contributed by atoms with Gasteiger partial charge >= 0.3 is 0 Å². The number of hydrogen-bond acceptors (Lipinski definition) is 2. The van der Waals surface area contributed by atoms with Gasteiger partial charge in [0.15, 0.2) is 0 Å². The summed E-state index contributed by atoms with van der Waals surface area (Å²) in [5, 5.41) is 4.99. The van der Waals surface area contributed by atoms with E-state index in [2.05, 4.69) is 40.3 Å². The second kappa shape index (κ2) is 6.59. The van der Waals surface area contributed by atoms with Gasteiger partial charge in [-0.05, 0) is 52.7 Å². The Balaban J connectivity index is 2.44. The molecule has 5 heteroatoms. The number of nitrogens with one attached hydrogen (secondary N) is 1. The van der Waals surface area contributed by atoms with E-state index in [1.807, 2.05) is 19.1 Å². The molecule has 2 rings (SSSR count). The molecule has 0 radical (unpaired) electrons. The van der Waals surface area contributed by atoms with Gasteiger partial charge < -0.3 is 5.32 Å². The quantitative estimate of drug-likeness (QED) is 0.706. The zero-order valence-electron chi connectivity index (χ0n) is 10.6. The summed E-state index contributed by atoms with van der Waals surface area (Å²) in [6, 6.07) is 8.21. The van der Waals surface area contributed by atoms with Crippen molar-refractivity contribution in [2.45, 2.75) is 19.9 Å². The lowest BCUT2D eigenvalue weighted by Gasteiger charge is -2.18. The van der Waals surface area contributed by atoms with Crippen molar-refractivity contribution in [2.24, 2.45) is 0 Å². The third-order valence-electron chi connectivity index (χ3n) is 2.82. The minimum atomic E-state index is 0.0758. The summed E-state index contributed by atoms with van der Waals surface area (Å²) in [5.41, 5.74) is 2.24. The number of hydrogen-bond donors (Lipinski definition) is 1. The predicted octanol–water partition coefficient (Wildman–Crippen LogP) is 5.82. The van der Waals surface area contributed by atoms with Crippen LogP contribution in [0, 0.1) is 6.92 Å². The van der Waals surface area contributed by atoms with E-state index in [4.69, 9.17) is 23.2 Å². The lowest BCUT2D eigenvalue weighted by atomic mass is 10.0. The highest BCUT2D eigenvalue weighted by Gasteiger charge is 2.19. The molecule has 0 saturated heterocycles. The van der Waals surface area contributed by atoms with E-state index in [1.54, 1.807) is 11.3 Å². The monoisotopic (exact) mass is 377 g/mol. The molecule has 0 aliphatic rings. The number of aryl methyl sites for hydroxylation is 1. The summed E-state index contributed by atoms with van der Waals surface area (Å²) >= 11 is 17.6. The number of thiophene rings is 1. The SMILES string of the molecule is CCNC(c1cc(Cl)c(Br)s1)c1ccc(C)cc1Cl. The Morgan fingerprint density at radius 3 is 2.53 bits per heavy atom. The van der Waals surface area contributed by atoms with Crippen molar-refractivity contribution >= 4 is 50.5 Å². The van der Waals surface area contributed by atoms with Gasteiger partial charge in [-0.2, -0.15) is 0 Å². The van der Waals surface area contributed by atoms with Gasteiger partial charge in [0.2, 0.25) is 0 Å². The molecular weight excluding hydrogens is 365 g/mol. The first-order chi connectivity index (χ1) is 9.02. The molecular formula is C14H14BrCl2NS. The standard InChI is InChI=1S/C14H14BrCl2NS/c1-3-18-13(12-7-11(17)14(15)19-12)9-5-4-8(2)6-10(9)16/h4-7,13,18H,3H2,1-2H3. The second-order valence-electron chi connectivity index (χ2n) is 4.29. The molecule has 0 spiro atoms. The first-order valence-corrected chi connectivity index (χ1v) is 8.33. The molecule has 1 nitrogen and oxygen atoms in total. The van der Waals surface area contributed by atoms with E-state index in [9.17, 15) is 0 Å². The van der Waals surface area contributed by atoms with E-state index < -0.39 is 0 Å². The molecule has 1 aromatic carbocycles. The lowest BCUT2D eigenvalue weighted by Crippen LogP contribution is -2.21. The van der Waals surface area contributed by atoms with Crippen LogP contribution in [-0.4, -0.2) is 6.54 Å². The van der Waals surface area contributed by atoms with Crippen LogP contribution in [0.1, 0.15) is 29.0 Å². The first kappa shape index (κ1) is 15.3. The van der Waals surface area contributed by atoms with Crippen LogP contribution in [0.2, 0.25) is 10.0 Å². The summed E-state index contributed by atoms with van der Waals surface area (Å²) in [4.78, 5) is 1.16. The van der Waals surface area contributed by atoms with Crippen molar-refractivity contribution < 1.29 is 0 Å². The van der Waals surface area contributed by atoms with Crippen LogP contribution in [0.4, 0.5) is 0 Å². The molecule has 0 aliphatic heterocycles. The number of benzene rings is 1. The van der Waals surface area contributed by atoms with Crippen molar-refractivity contribution in [2.75, 3.05) is 6.54 Å². The molecule has 0 bridgehead atoms. The van der Waals surface area contributed by atoms with Gasteiger partial charge in [-0.25, -0.2) is 0 Å². The van der Waals surface area contributed by atoms with E-state index in [1.165, 1.54) is 0 Å². The van der Waals surface area contributed by atoms with Crippen LogP contribution in [0.25, 0.3) is 0 Å². The zero-order valence-corrected chi connectivity index (χ0v) is 14.6. The maximum absolute atomic E-state index is 6.38. The summed E-state index contributed by atoms with van der Waals surface area (Å²) in [6.45, 7) is 4.98. The van der Waals surface area contributed by atoms with Gasteiger partial charge in [0.1, 0.15) is 0 Å². The second-order valence-corrected chi connectivity index (χ2v) is 7.50. The largest absolute Gasteiger partial charge is 0.306 e. The Hall–Kier alpha value is -0.0600. The fraction of sp³-hybridized carbons (Fsp3) is 0.286. The van der Waals surface area contributed by atoms with Gasteiger partial charge in [-0.1, -0.05) is 42.3 Å². The van der Waals surface area contributed by atoms with Gasteiger partial charge in [0.05, 0.1) is 14.9 Å². The Kier molecular flexibility index (Phi) is 5.32. The smallest absolute Gasteiger partial charge is 0.0888 e. The Morgan fingerprint density at radius 2 is 2.00 bits per heavy atom. The van der Waals surface area contributed by atoms with Gasteiger partial charge in [0.25, 0.3) is 0 Å². The van der Waals surface area contributed by atoms with Crippen molar-refractivity contribution in [3.8, 4) is 0 Å². The highest BCUT2D eigenvalue weighted by Crippen LogP contribution is 2.39. The molecule has 0 fully saturated rings. The molecule has 1 atom stereocenters. The predicted molar refractivity (Wildman–Crippen MR) is 88.7 cm³/mol. The minimum absolute atomic E-state index is 0.0758. The molecule has 2 aromatic rings.